The minimum Gasteiger partial charge on any atom is -0.377 e. The van der Waals surface area contributed by atoms with E-state index in [1.54, 1.807) is 0 Å². The number of rotatable bonds is 5. The lowest BCUT2D eigenvalue weighted by atomic mass is 10.1. The average Bonchev–Trinajstić information content (AvgIpc) is 3.38. The van der Waals surface area contributed by atoms with Crippen LogP contribution in [0.15, 0.2) is 42.5 Å². The van der Waals surface area contributed by atoms with Crippen LogP contribution in [0.5, 0.6) is 0 Å². The number of carbonyl (C=O) groups excluding carboxylic acids is 1. The van der Waals surface area contributed by atoms with Crippen LogP contribution in [-0.4, -0.2) is 16.9 Å². The molecule has 0 atom stereocenters. The van der Waals surface area contributed by atoms with E-state index in [2.05, 4.69) is 10.6 Å². The third-order valence-corrected chi connectivity index (χ3v) is 3.84. The van der Waals surface area contributed by atoms with Gasteiger partial charge in [0.2, 0.25) is 0 Å². The van der Waals surface area contributed by atoms with Crippen molar-refractivity contribution in [2.75, 3.05) is 10.6 Å². The minimum absolute atomic E-state index is 0.0181. The maximum atomic E-state index is 12.7. The third-order valence-electron chi connectivity index (χ3n) is 3.84. The number of nitrogens with one attached hydrogen (secondary N) is 2. The van der Waals surface area contributed by atoms with Gasteiger partial charge in [-0.25, -0.2) is 0 Å². The van der Waals surface area contributed by atoms with E-state index < -0.39 is 22.6 Å². The van der Waals surface area contributed by atoms with Gasteiger partial charge in [-0.3, -0.25) is 14.9 Å². The first kappa shape index (κ1) is 17.7. The highest BCUT2D eigenvalue weighted by molar-refractivity contribution is 6.05. The summed E-state index contributed by atoms with van der Waals surface area (Å²) in [7, 11) is 0. The summed E-state index contributed by atoms with van der Waals surface area (Å²) in [5, 5.41) is 16.6. The molecular formula is C17H14F3N3O3. The Hall–Kier alpha value is -3.10. The van der Waals surface area contributed by atoms with Crippen molar-refractivity contribution >= 4 is 23.0 Å². The molecule has 0 spiro atoms. The van der Waals surface area contributed by atoms with Gasteiger partial charge in [0, 0.05) is 23.4 Å². The fourth-order valence-corrected chi connectivity index (χ4v) is 2.37. The molecule has 3 rings (SSSR count). The van der Waals surface area contributed by atoms with Crippen LogP contribution >= 0.6 is 0 Å². The van der Waals surface area contributed by atoms with Crippen LogP contribution in [-0.2, 0) is 6.18 Å². The Morgan fingerprint density at radius 2 is 1.88 bits per heavy atom. The maximum Gasteiger partial charge on any atom is 0.416 e. The summed E-state index contributed by atoms with van der Waals surface area (Å²) in [6, 6.07) is 8.28. The lowest BCUT2D eigenvalue weighted by molar-refractivity contribution is -0.384. The molecule has 1 amide bonds. The van der Waals surface area contributed by atoms with E-state index in [4.69, 9.17) is 0 Å². The number of carbonyl (C=O) groups is 1. The summed E-state index contributed by atoms with van der Waals surface area (Å²) in [5.41, 5.74) is -0.907. The van der Waals surface area contributed by atoms with Gasteiger partial charge >= 0.3 is 6.18 Å². The molecule has 0 aromatic heterocycles. The Morgan fingerprint density at radius 1 is 1.15 bits per heavy atom. The van der Waals surface area contributed by atoms with Crippen molar-refractivity contribution in [1.29, 1.82) is 0 Å². The summed E-state index contributed by atoms with van der Waals surface area (Å²) in [6.07, 6.45) is -2.68. The number of halogens is 3. The fourth-order valence-electron chi connectivity index (χ4n) is 2.37. The van der Waals surface area contributed by atoms with Crippen LogP contribution in [0.25, 0.3) is 0 Å². The third kappa shape index (κ3) is 4.11. The molecule has 136 valence electrons. The number of benzene rings is 2. The van der Waals surface area contributed by atoms with Gasteiger partial charge in [-0.15, -0.1) is 0 Å². The molecule has 26 heavy (non-hydrogen) atoms. The molecule has 1 fully saturated rings. The molecular weight excluding hydrogens is 351 g/mol. The largest absolute Gasteiger partial charge is 0.416 e. The van der Waals surface area contributed by atoms with E-state index >= 15 is 0 Å². The second-order valence-electron chi connectivity index (χ2n) is 5.94. The van der Waals surface area contributed by atoms with Crippen LogP contribution < -0.4 is 10.6 Å². The Balaban J connectivity index is 1.81. The molecule has 0 heterocycles. The molecule has 0 unspecified atom stereocenters. The van der Waals surface area contributed by atoms with Crippen LogP contribution in [0.1, 0.15) is 28.8 Å². The molecule has 0 bridgehead atoms. The van der Waals surface area contributed by atoms with Gasteiger partial charge < -0.3 is 10.6 Å². The van der Waals surface area contributed by atoms with Gasteiger partial charge in [-0.1, -0.05) is 6.07 Å². The quantitative estimate of drug-likeness (QED) is 0.606. The first-order valence-electron chi connectivity index (χ1n) is 7.77. The second-order valence-corrected chi connectivity index (χ2v) is 5.94. The monoisotopic (exact) mass is 365 g/mol. The molecule has 0 saturated heterocycles. The Kier molecular flexibility index (Phi) is 4.54. The zero-order valence-corrected chi connectivity index (χ0v) is 13.3. The maximum absolute atomic E-state index is 12.7. The first-order chi connectivity index (χ1) is 12.2. The van der Waals surface area contributed by atoms with Gasteiger partial charge in [0.05, 0.1) is 10.5 Å². The standard InChI is InChI=1S/C17H14F3N3O3/c18-17(19,20)11-2-1-3-13(9-11)22-16(24)10-4-7-14(21-12-5-6-12)15(8-10)23(25)26/h1-4,7-9,12,21H,5-6H2,(H,22,24). The van der Waals surface area contributed by atoms with Crippen molar-refractivity contribution in [2.24, 2.45) is 0 Å². The molecule has 2 aromatic rings. The zero-order valence-electron chi connectivity index (χ0n) is 13.3. The van der Waals surface area contributed by atoms with E-state index in [0.717, 1.165) is 31.0 Å². The van der Waals surface area contributed by atoms with Crippen LogP contribution in [0, 0.1) is 10.1 Å². The lowest BCUT2D eigenvalue weighted by Gasteiger charge is -2.11. The van der Waals surface area contributed by atoms with E-state index in [9.17, 15) is 28.1 Å². The van der Waals surface area contributed by atoms with Gasteiger partial charge in [-0.2, -0.15) is 13.2 Å². The predicted octanol–water partition coefficient (Wildman–Crippen LogP) is 4.44. The van der Waals surface area contributed by atoms with Crippen molar-refractivity contribution in [3.05, 3.63) is 63.7 Å². The molecule has 0 aliphatic heterocycles. The Bertz CT molecular complexity index is 864. The molecule has 0 radical (unpaired) electrons. The zero-order chi connectivity index (χ0) is 18.9. The Morgan fingerprint density at radius 3 is 2.50 bits per heavy atom. The van der Waals surface area contributed by atoms with Crippen molar-refractivity contribution in [2.45, 2.75) is 25.1 Å². The van der Waals surface area contributed by atoms with Gasteiger partial charge in [0.25, 0.3) is 11.6 Å². The summed E-state index contributed by atoms with van der Waals surface area (Å²) >= 11 is 0. The van der Waals surface area contributed by atoms with E-state index in [1.165, 1.54) is 24.3 Å². The highest BCUT2D eigenvalue weighted by Gasteiger charge is 2.30. The number of anilines is 2. The topological polar surface area (TPSA) is 84.3 Å². The second kappa shape index (κ2) is 6.66. The van der Waals surface area contributed by atoms with E-state index in [-0.39, 0.29) is 23.0 Å². The number of nitro groups is 1. The predicted molar refractivity (Wildman–Crippen MR) is 89.1 cm³/mol. The first-order valence-corrected chi connectivity index (χ1v) is 7.77. The van der Waals surface area contributed by atoms with Gasteiger partial charge in [-0.05, 0) is 43.2 Å². The highest BCUT2D eigenvalue weighted by atomic mass is 19.4. The summed E-state index contributed by atoms with van der Waals surface area (Å²) in [4.78, 5) is 22.9. The SMILES string of the molecule is O=C(Nc1cccc(C(F)(F)F)c1)c1ccc(NC2CC2)c([N+](=O)[O-])c1. The smallest absolute Gasteiger partial charge is 0.377 e. The molecule has 1 aliphatic rings. The van der Waals surface area contributed by atoms with E-state index in [0.29, 0.717) is 5.69 Å². The van der Waals surface area contributed by atoms with Crippen LogP contribution in [0.2, 0.25) is 0 Å². The average molecular weight is 365 g/mol. The number of hydrogen-bond acceptors (Lipinski definition) is 4. The Labute approximate surface area is 146 Å². The lowest BCUT2D eigenvalue weighted by Crippen LogP contribution is -2.14. The number of alkyl halides is 3. The van der Waals surface area contributed by atoms with Crippen molar-refractivity contribution < 1.29 is 22.9 Å². The van der Waals surface area contributed by atoms with Gasteiger partial charge in [0.15, 0.2) is 0 Å². The fraction of sp³-hybridized carbons (Fsp3) is 0.235. The van der Waals surface area contributed by atoms with Crippen molar-refractivity contribution in [1.82, 2.24) is 0 Å². The molecule has 2 N–H and O–H groups in total. The van der Waals surface area contributed by atoms with Crippen LogP contribution in [0.3, 0.4) is 0 Å². The number of amides is 1. The number of nitro benzene ring substituents is 1. The number of nitrogens with zero attached hydrogens (tertiary/aromatic N) is 1. The van der Waals surface area contributed by atoms with Crippen molar-refractivity contribution in [3.63, 3.8) is 0 Å². The molecule has 9 heteroatoms. The van der Waals surface area contributed by atoms with Crippen molar-refractivity contribution in [3.8, 4) is 0 Å². The molecule has 1 aliphatic carbocycles. The normalized spacial score (nSPS) is 14.0. The van der Waals surface area contributed by atoms with E-state index in [1.807, 2.05) is 0 Å². The van der Waals surface area contributed by atoms with Crippen LogP contribution in [0.4, 0.5) is 30.2 Å². The molecule has 1 saturated carbocycles. The number of hydrogen-bond donors (Lipinski definition) is 2. The minimum atomic E-state index is -4.53. The summed E-state index contributed by atoms with van der Waals surface area (Å²) in [5.74, 6) is -0.731. The summed E-state index contributed by atoms with van der Waals surface area (Å²) in [6.45, 7) is 0. The summed E-state index contributed by atoms with van der Waals surface area (Å²) < 4.78 is 38.2. The molecule has 6 nitrogen and oxygen atoms in total. The highest BCUT2D eigenvalue weighted by Crippen LogP contribution is 2.32. The molecule has 2 aromatic carbocycles. The van der Waals surface area contributed by atoms with Gasteiger partial charge in [0.1, 0.15) is 5.69 Å².